The smallest absolute Gasteiger partial charge is 0.308 e. The summed E-state index contributed by atoms with van der Waals surface area (Å²) < 4.78 is 10.9. The van der Waals surface area contributed by atoms with E-state index in [4.69, 9.17) is 14.7 Å². The predicted octanol–water partition coefficient (Wildman–Crippen LogP) is 3.18. The highest BCUT2D eigenvalue weighted by Crippen LogP contribution is 2.49. The van der Waals surface area contributed by atoms with Gasteiger partial charge in [-0.25, -0.2) is 4.98 Å². The molecule has 0 N–H and O–H groups in total. The van der Waals surface area contributed by atoms with Gasteiger partial charge in [-0.05, 0) is 43.6 Å². The van der Waals surface area contributed by atoms with Crippen LogP contribution in [-0.4, -0.2) is 48.1 Å². The molecule has 1 aromatic heterocycles. The lowest BCUT2D eigenvalue weighted by atomic mass is 9.64. The number of pyridine rings is 1. The Morgan fingerprint density at radius 1 is 1.29 bits per heavy atom. The number of nitrogens with zero attached hydrogens (tertiary/aromatic N) is 3. The van der Waals surface area contributed by atoms with E-state index in [0.717, 1.165) is 25.7 Å². The summed E-state index contributed by atoms with van der Waals surface area (Å²) in [6.45, 7) is 5.08. The van der Waals surface area contributed by atoms with Crippen molar-refractivity contribution >= 4 is 11.9 Å². The van der Waals surface area contributed by atoms with E-state index in [2.05, 4.69) is 9.88 Å². The third-order valence-corrected chi connectivity index (χ3v) is 7.73. The predicted molar refractivity (Wildman–Crippen MR) is 113 cm³/mol. The second-order valence-electron chi connectivity index (χ2n) is 9.82. The topological polar surface area (TPSA) is 92.5 Å². The maximum atomic E-state index is 13.5. The summed E-state index contributed by atoms with van der Waals surface area (Å²) in [6.07, 6.45) is 6.42. The van der Waals surface area contributed by atoms with Crippen molar-refractivity contribution in [3.8, 4) is 11.9 Å². The molecule has 0 spiro atoms. The molecule has 2 saturated carbocycles. The first-order chi connectivity index (χ1) is 14.8. The number of aromatic nitrogens is 1. The number of methoxy groups -OCH3 is 1. The first-order valence-corrected chi connectivity index (χ1v) is 11.2. The summed E-state index contributed by atoms with van der Waals surface area (Å²) in [4.78, 5) is 31.9. The van der Waals surface area contributed by atoms with Crippen molar-refractivity contribution in [2.24, 2.45) is 29.1 Å². The van der Waals surface area contributed by atoms with Crippen LogP contribution >= 0.6 is 0 Å². The van der Waals surface area contributed by atoms with Gasteiger partial charge in [0.15, 0.2) is 0 Å². The van der Waals surface area contributed by atoms with Crippen molar-refractivity contribution in [3.05, 3.63) is 23.9 Å². The molecule has 3 aliphatic rings. The van der Waals surface area contributed by atoms with E-state index in [9.17, 15) is 9.59 Å². The zero-order valence-corrected chi connectivity index (χ0v) is 18.5. The Kier molecular flexibility index (Phi) is 5.92. The average molecular weight is 426 g/mol. The minimum absolute atomic E-state index is 0.0381. The molecule has 1 aromatic rings. The third kappa shape index (κ3) is 4.00. The monoisotopic (exact) mass is 425 g/mol. The summed E-state index contributed by atoms with van der Waals surface area (Å²) in [6, 6.07) is 5.63. The Labute approximate surface area is 183 Å². The maximum Gasteiger partial charge on any atom is 0.308 e. The van der Waals surface area contributed by atoms with Gasteiger partial charge in [0.2, 0.25) is 11.8 Å². The van der Waals surface area contributed by atoms with Crippen LogP contribution in [-0.2, 0) is 14.3 Å². The number of fused-ring (bicyclic) bond motifs is 2. The first-order valence-electron chi connectivity index (χ1n) is 11.2. The SMILES string of the molecule is COC(=O)C1CC2CCCC(C1)C2N1CC(COc2ccc(C#N)cn2)C(C)(C)C1=O. The highest BCUT2D eigenvalue weighted by molar-refractivity contribution is 5.85. The maximum absolute atomic E-state index is 13.5. The Balaban J connectivity index is 1.46. The quantitative estimate of drug-likeness (QED) is 0.673. The minimum Gasteiger partial charge on any atom is -0.477 e. The molecule has 166 valence electrons. The number of rotatable bonds is 5. The molecule has 2 aliphatic carbocycles. The van der Waals surface area contributed by atoms with Gasteiger partial charge in [-0.3, -0.25) is 9.59 Å². The fraction of sp³-hybridized carbons (Fsp3) is 0.667. The van der Waals surface area contributed by atoms with Gasteiger partial charge in [0.1, 0.15) is 6.07 Å². The van der Waals surface area contributed by atoms with Gasteiger partial charge in [0, 0.05) is 30.8 Å². The molecule has 3 atom stereocenters. The van der Waals surface area contributed by atoms with E-state index in [1.54, 1.807) is 12.1 Å². The number of hydrogen-bond donors (Lipinski definition) is 0. The van der Waals surface area contributed by atoms with Crippen LogP contribution in [0.4, 0.5) is 0 Å². The summed E-state index contributed by atoms with van der Waals surface area (Å²) in [5, 5.41) is 8.91. The van der Waals surface area contributed by atoms with Crippen molar-refractivity contribution in [1.82, 2.24) is 9.88 Å². The molecule has 0 radical (unpaired) electrons. The number of likely N-dealkylation sites (tertiary alicyclic amines) is 1. The van der Waals surface area contributed by atoms with Crippen LogP contribution in [0.25, 0.3) is 0 Å². The second kappa shape index (κ2) is 8.49. The lowest BCUT2D eigenvalue weighted by molar-refractivity contribution is -0.151. The lowest BCUT2D eigenvalue weighted by Crippen LogP contribution is -2.53. The van der Waals surface area contributed by atoms with E-state index < -0.39 is 5.41 Å². The van der Waals surface area contributed by atoms with Gasteiger partial charge in [-0.1, -0.05) is 20.3 Å². The molecule has 31 heavy (non-hydrogen) atoms. The molecule has 7 heteroatoms. The van der Waals surface area contributed by atoms with E-state index in [-0.39, 0.29) is 29.8 Å². The van der Waals surface area contributed by atoms with E-state index in [0.29, 0.717) is 36.4 Å². The van der Waals surface area contributed by atoms with Crippen LogP contribution in [0.1, 0.15) is 51.5 Å². The summed E-state index contributed by atoms with van der Waals surface area (Å²) in [5.41, 5.74) is -0.0240. The zero-order chi connectivity index (χ0) is 22.2. The van der Waals surface area contributed by atoms with Crippen molar-refractivity contribution < 1.29 is 19.1 Å². The standard InChI is InChI=1S/C24H31N3O4/c1-24(2)19(14-31-20-8-7-15(11-25)12-26-20)13-27(23(24)29)21-16-5-4-6-17(21)10-18(9-16)22(28)30-3/h7-8,12,16-19,21H,4-6,9-10,13-14H2,1-3H3. The molecule has 2 bridgehead atoms. The van der Waals surface area contributed by atoms with Gasteiger partial charge in [0.25, 0.3) is 0 Å². The number of carbonyl (C=O) groups excluding carboxylic acids is 2. The molecular weight excluding hydrogens is 394 g/mol. The molecule has 3 fully saturated rings. The van der Waals surface area contributed by atoms with Crippen molar-refractivity contribution in [1.29, 1.82) is 5.26 Å². The highest BCUT2D eigenvalue weighted by atomic mass is 16.5. The van der Waals surface area contributed by atoms with Gasteiger partial charge in [-0.2, -0.15) is 5.26 Å². The van der Waals surface area contributed by atoms with Gasteiger partial charge >= 0.3 is 5.97 Å². The Morgan fingerprint density at radius 2 is 2.00 bits per heavy atom. The Bertz CT molecular complexity index is 862. The van der Waals surface area contributed by atoms with Crippen LogP contribution in [0, 0.1) is 40.4 Å². The number of carbonyl (C=O) groups is 2. The largest absolute Gasteiger partial charge is 0.477 e. The molecule has 0 aromatic carbocycles. The van der Waals surface area contributed by atoms with E-state index in [1.165, 1.54) is 19.7 Å². The van der Waals surface area contributed by atoms with Gasteiger partial charge in [0.05, 0.1) is 30.6 Å². The molecule has 4 rings (SSSR count). The summed E-state index contributed by atoms with van der Waals surface area (Å²) in [5.74, 6) is 1.28. The fourth-order valence-corrected chi connectivity index (χ4v) is 5.91. The Hall–Kier alpha value is -2.62. The highest BCUT2D eigenvalue weighted by Gasteiger charge is 2.54. The molecule has 1 saturated heterocycles. The van der Waals surface area contributed by atoms with Crippen LogP contribution in [0.3, 0.4) is 0 Å². The number of nitriles is 1. The number of amides is 1. The second-order valence-corrected chi connectivity index (χ2v) is 9.82. The van der Waals surface area contributed by atoms with Crippen LogP contribution in [0.15, 0.2) is 18.3 Å². The van der Waals surface area contributed by atoms with Crippen molar-refractivity contribution in [2.45, 2.75) is 52.0 Å². The molecule has 1 aliphatic heterocycles. The number of hydrogen-bond acceptors (Lipinski definition) is 6. The molecule has 2 heterocycles. The first kappa shape index (κ1) is 21.6. The molecule has 3 unspecified atom stereocenters. The lowest BCUT2D eigenvalue weighted by Gasteiger charge is -2.49. The summed E-state index contributed by atoms with van der Waals surface area (Å²) in [7, 11) is 1.46. The van der Waals surface area contributed by atoms with Crippen LogP contribution in [0.2, 0.25) is 0 Å². The van der Waals surface area contributed by atoms with E-state index in [1.807, 2.05) is 19.9 Å². The average Bonchev–Trinajstić information content (AvgIpc) is 2.99. The van der Waals surface area contributed by atoms with Crippen LogP contribution in [0.5, 0.6) is 5.88 Å². The minimum atomic E-state index is -0.514. The number of ether oxygens (including phenoxy) is 2. The number of esters is 1. The van der Waals surface area contributed by atoms with Gasteiger partial charge < -0.3 is 14.4 Å². The third-order valence-electron chi connectivity index (χ3n) is 7.73. The normalized spacial score (nSPS) is 31.7. The van der Waals surface area contributed by atoms with Crippen molar-refractivity contribution in [2.75, 3.05) is 20.3 Å². The molecule has 7 nitrogen and oxygen atoms in total. The molecule has 1 amide bonds. The van der Waals surface area contributed by atoms with Crippen molar-refractivity contribution in [3.63, 3.8) is 0 Å². The fourth-order valence-electron chi connectivity index (χ4n) is 5.91. The summed E-state index contributed by atoms with van der Waals surface area (Å²) >= 11 is 0. The van der Waals surface area contributed by atoms with Crippen LogP contribution < -0.4 is 4.74 Å². The zero-order valence-electron chi connectivity index (χ0n) is 18.5. The Morgan fingerprint density at radius 3 is 2.58 bits per heavy atom. The van der Waals surface area contributed by atoms with Gasteiger partial charge in [-0.15, -0.1) is 0 Å². The molecular formula is C24H31N3O4. The van der Waals surface area contributed by atoms with E-state index >= 15 is 0 Å².